The number of carbonyl (C=O) groups is 1. The van der Waals surface area contributed by atoms with Crippen LogP contribution in [-0.2, 0) is 6.42 Å². The molecule has 0 radical (unpaired) electrons. The van der Waals surface area contributed by atoms with E-state index in [0.717, 1.165) is 25.7 Å². The zero-order chi connectivity index (χ0) is 19.0. The second-order valence-corrected chi connectivity index (χ2v) is 8.75. The van der Waals surface area contributed by atoms with Gasteiger partial charge in [0, 0.05) is 5.54 Å². The van der Waals surface area contributed by atoms with Crippen molar-refractivity contribution in [2.75, 3.05) is 0 Å². The average molecular weight is 360 g/mol. The number of unbranched alkanes of at least 4 members (excludes halogenated alkanes) is 4. The van der Waals surface area contributed by atoms with E-state index < -0.39 is 0 Å². The van der Waals surface area contributed by atoms with E-state index in [1.54, 1.807) is 0 Å². The van der Waals surface area contributed by atoms with Gasteiger partial charge in [0.1, 0.15) is 5.75 Å². The number of carbonyl (C=O) groups excluding carboxylic acids is 1. The summed E-state index contributed by atoms with van der Waals surface area (Å²) in [5, 5.41) is 3.14. The molecule has 1 aromatic rings. The van der Waals surface area contributed by atoms with Crippen LogP contribution in [0.4, 0.5) is 4.79 Å². The van der Waals surface area contributed by atoms with Crippen molar-refractivity contribution >= 4 is 6.09 Å². The second kappa shape index (κ2) is 9.43. The molecular formula is C23H37NO2. The lowest BCUT2D eigenvalue weighted by Crippen LogP contribution is -2.58. The third kappa shape index (κ3) is 5.75. The number of hydrogen-bond donors (Lipinski definition) is 1. The van der Waals surface area contributed by atoms with Gasteiger partial charge >= 0.3 is 6.09 Å². The van der Waals surface area contributed by atoms with Gasteiger partial charge in [-0.25, -0.2) is 4.79 Å². The molecule has 0 spiro atoms. The molecule has 1 saturated carbocycles. The molecule has 1 unspecified atom stereocenters. The fraction of sp³-hybridized carbons (Fsp3) is 0.696. The maximum Gasteiger partial charge on any atom is 0.413 e. The number of rotatable bonds is 8. The molecule has 2 rings (SSSR count). The van der Waals surface area contributed by atoms with Gasteiger partial charge in [0.15, 0.2) is 0 Å². The van der Waals surface area contributed by atoms with Crippen molar-refractivity contribution in [2.45, 2.75) is 97.4 Å². The van der Waals surface area contributed by atoms with Crippen LogP contribution in [0.15, 0.2) is 24.3 Å². The Bertz CT molecular complexity index is 564. The number of benzene rings is 1. The van der Waals surface area contributed by atoms with Crippen LogP contribution in [0.3, 0.4) is 0 Å². The third-order valence-corrected chi connectivity index (χ3v) is 6.30. The van der Waals surface area contributed by atoms with Crippen molar-refractivity contribution in [3.63, 3.8) is 0 Å². The number of amides is 1. The van der Waals surface area contributed by atoms with E-state index >= 15 is 0 Å². The Labute approximate surface area is 159 Å². The normalized spacial score (nSPS) is 22.0. The quantitative estimate of drug-likeness (QED) is 0.528. The van der Waals surface area contributed by atoms with Gasteiger partial charge in [0.25, 0.3) is 0 Å². The van der Waals surface area contributed by atoms with Crippen LogP contribution in [0.25, 0.3) is 0 Å². The van der Waals surface area contributed by atoms with Crippen molar-refractivity contribution in [1.82, 2.24) is 5.32 Å². The molecule has 3 heteroatoms. The fourth-order valence-corrected chi connectivity index (χ4v) is 3.91. The standard InChI is InChI=1S/C23H37NO2/c1-5-6-7-8-9-12-19-13-15-20(16-14-19)26-21(25)24-23(4)18-11-10-17-22(23,2)3/h13-16H,5-12,17-18H2,1-4H3,(H,24,25). The van der Waals surface area contributed by atoms with Crippen LogP contribution in [0.5, 0.6) is 5.75 Å². The SMILES string of the molecule is CCCCCCCc1ccc(OC(=O)NC2(C)CCCCC2(C)C)cc1. The molecule has 1 amide bonds. The van der Waals surface area contributed by atoms with Crippen molar-refractivity contribution < 1.29 is 9.53 Å². The smallest absolute Gasteiger partial charge is 0.410 e. The van der Waals surface area contributed by atoms with E-state index in [0.29, 0.717) is 5.75 Å². The molecule has 1 aliphatic carbocycles. The van der Waals surface area contributed by atoms with Gasteiger partial charge in [-0.2, -0.15) is 0 Å². The highest BCUT2D eigenvalue weighted by Gasteiger charge is 2.44. The van der Waals surface area contributed by atoms with Gasteiger partial charge < -0.3 is 10.1 Å². The number of nitrogens with one attached hydrogen (secondary N) is 1. The average Bonchev–Trinajstić information content (AvgIpc) is 2.59. The minimum Gasteiger partial charge on any atom is -0.410 e. The first-order valence-corrected chi connectivity index (χ1v) is 10.5. The highest BCUT2D eigenvalue weighted by Crippen LogP contribution is 2.43. The Hall–Kier alpha value is -1.51. The molecule has 0 heterocycles. The van der Waals surface area contributed by atoms with Crippen molar-refractivity contribution in [2.24, 2.45) is 5.41 Å². The minimum atomic E-state index is -0.338. The Morgan fingerprint density at radius 3 is 2.31 bits per heavy atom. The largest absolute Gasteiger partial charge is 0.413 e. The Morgan fingerprint density at radius 2 is 1.65 bits per heavy atom. The lowest BCUT2D eigenvalue weighted by molar-refractivity contribution is 0.0769. The highest BCUT2D eigenvalue weighted by atomic mass is 16.6. The number of aryl methyl sites for hydroxylation is 1. The summed E-state index contributed by atoms with van der Waals surface area (Å²) in [6.07, 6.45) is 11.8. The van der Waals surface area contributed by atoms with E-state index in [9.17, 15) is 4.79 Å². The topological polar surface area (TPSA) is 38.3 Å². The maximum atomic E-state index is 12.4. The van der Waals surface area contributed by atoms with E-state index in [1.807, 2.05) is 12.1 Å². The van der Waals surface area contributed by atoms with Crippen LogP contribution >= 0.6 is 0 Å². The summed E-state index contributed by atoms with van der Waals surface area (Å²) in [7, 11) is 0. The molecule has 1 aliphatic rings. The maximum absolute atomic E-state index is 12.4. The Kier molecular flexibility index (Phi) is 7.55. The number of ether oxygens (including phenoxy) is 1. The Balaban J connectivity index is 1.81. The fourth-order valence-electron chi connectivity index (χ4n) is 3.91. The predicted molar refractivity (Wildman–Crippen MR) is 109 cm³/mol. The zero-order valence-corrected chi connectivity index (χ0v) is 17.2. The highest BCUT2D eigenvalue weighted by molar-refractivity contribution is 5.71. The second-order valence-electron chi connectivity index (χ2n) is 8.75. The van der Waals surface area contributed by atoms with Gasteiger partial charge in [-0.3, -0.25) is 0 Å². The minimum absolute atomic E-state index is 0.0892. The van der Waals surface area contributed by atoms with Crippen molar-refractivity contribution in [3.8, 4) is 5.75 Å². The zero-order valence-electron chi connectivity index (χ0n) is 17.2. The van der Waals surface area contributed by atoms with Gasteiger partial charge in [-0.1, -0.05) is 71.4 Å². The van der Waals surface area contributed by atoms with Gasteiger partial charge in [-0.05, 0) is 55.7 Å². The lowest BCUT2D eigenvalue weighted by Gasteiger charge is -2.48. The lowest BCUT2D eigenvalue weighted by atomic mass is 9.64. The first-order valence-electron chi connectivity index (χ1n) is 10.5. The van der Waals surface area contributed by atoms with Gasteiger partial charge in [0.05, 0.1) is 0 Å². The van der Waals surface area contributed by atoms with Crippen molar-refractivity contribution in [1.29, 1.82) is 0 Å². The molecule has 0 aliphatic heterocycles. The summed E-state index contributed by atoms with van der Waals surface area (Å²) in [6.45, 7) is 8.86. The van der Waals surface area contributed by atoms with Crippen LogP contribution in [0.1, 0.15) is 91.0 Å². The Morgan fingerprint density at radius 1 is 1.00 bits per heavy atom. The molecular weight excluding hydrogens is 322 g/mol. The van der Waals surface area contributed by atoms with E-state index in [1.165, 1.54) is 44.1 Å². The molecule has 3 nitrogen and oxygen atoms in total. The molecule has 0 aromatic heterocycles. The summed E-state index contributed by atoms with van der Waals surface area (Å²) in [4.78, 5) is 12.4. The summed E-state index contributed by atoms with van der Waals surface area (Å²) in [5.41, 5.74) is 1.20. The van der Waals surface area contributed by atoms with E-state index in [4.69, 9.17) is 4.74 Å². The molecule has 26 heavy (non-hydrogen) atoms. The van der Waals surface area contributed by atoms with Crippen molar-refractivity contribution in [3.05, 3.63) is 29.8 Å². The van der Waals surface area contributed by atoms with Crippen LogP contribution in [0.2, 0.25) is 0 Å². The van der Waals surface area contributed by atoms with Crippen LogP contribution in [-0.4, -0.2) is 11.6 Å². The molecule has 1 aromatic carbocycles. The van der Waals surface area contributed by atoms with E-state index in [-0.39, 0.29) is 17.0 Å². The molecule has 1 N–H and O–H groups in total. The van der Waals surface area contributed by atoms with E-state index in [2.05, 4.69) is 45.1 Å². The molecule has 1 fully saturated rings. The third-order valence-electron chi connectivity index (χ3n) is 6.30. The summed E-state index contributed by atoms with van der Waals surface area (Å²) < 4.78 is 5.54. The summed E-state index contributed by atoms with van der Waals surface area (Å²) in [5.74, 6) is 0.620. The summed E-state index contributed by atoms with van der Waals surface area (Å²) >= 11 is 0. The van der Waals surface area contributed by atoms with Gasteiger partial charge in [0.2, 0.25) is 0 Å². The molecule has 0 bridgehead atoms. The number of hydrogen-bond acceptors (Lipinski definition) is 2. The van der Waals surface area contributed by atoms with Gasteiger partial charge in [-0.15, -0.1) is 0 Å². The monoisotopic (exact) mass is 359 g/mol. The molecule has 146 valence electrons. The predicted octanol–water partition coefficient (Wildman–Crippen LogP) is 6.65. The first kappa shape index (κ1) is 20.8. The molecule has 0 saturated heterocycles. The van der Waals surface area contributed by atoms with Crippen LogP contribution in [0, 0.1) is 5.41 Å². The van der Waals surface area contributed by atoms with Crippen LogP contribution < -0.4 is 10.1 Å². The summed E-state index contributed by atoms with van der Waals surface area (Å²) in [6, 6.07) is 7.98. The molecule has 1 atom stereocenters. The first-order chi connectivity index (χ1) is 12.4.